The normalized spacial score (nSPS) is 14.6. The van der Waals surface area contributed by atoms with Crippen LogP contribution in [0.25, 0.3) is 11.4 Å². The lowest BCUT2D eigenvalue weighted by molar-refractivity contribution is -0.140. The molecule has 0 saturated heterocycles. The Hall–Kier alpha value is -2.18. The van der Waals surface area contributed by atoms with Crippen LogP contribution >= 0.6 is 22.6 Å². The molecule has 1 aliphatic heterocycles. The zero-order chi connectivity index (χ0) is 18.4. The lowest BCUT2D eigenvalue weighted by Crippen LogP contribution is -2.41. The number of nitrogens with zero attached hydrogens (tertiary/aromatic N) is 4. The fourth-order valence-electron chi connectivity index (χ4n) is 2.74. The summed E-state index contributed by atoms with van der Waals surface area (Å²) < 4.78 is 40.4. The van der Waals surface area contributed by atoms with Crippen LogP contribution in [0.15, 0.2) is 18.3 Å². The molecule has 7 nitrogen and oxygen atoms in total. The first-order valence-corrected chi connectivity index (χ1v) is 8.08. The molecular formula is C14H10F3IN4O3. The molecule has 0 fully saturated rings. The van der Waals surface area contributed by atoms with Crippen molar-refractivity contribution in [2.75, 3.05) is 6.54 Å². The van der Waals surface area contributed by atoms with Crippen LogP contribution in [0.1, 0.15) is 16.1 Å². The summed E-state index contributed by atoms with van der Waals surface area (Å²) in [7, 11) is 0. The maximum Gasteiger partial charge on any atom is 0.414 e. The quantitative estimate of drug-likeness (QED) is 0.544. The number of carbonyl (C=O) groups excluding carboxylic acids is 1. The van der Waals surface area contributed by atoms with Crippen LogP contribution < -0.4 is 0 Å². The third-order valence-corrected chi connectivity index (χ3v) is 4.23. The van der Waals surface area contributed by atoms with E-state index >= 15 is 0 Å². The Morgan fingerprint density at radius 2 is 2.12 bits per heavy atom. The fourth-order valence-corrected chi connectivity index (χ4v) is 3.16. The number of hydrogen-bond acceptors (Lipinski definition) is 4. The van der Waals surface area contributed by atoms with Gasteiger partial charge in [-0.05, 0) is 12.1 Å². The van der Waals surface area contributed by atoms with Gasteiger partial charge in [0.15, 0.2) is 3.83 Å². The van der Waals surface area contributed by atoms with Crippen LogP contribution in [0.4, 0.5) is 18.0 Å². The van der Waals surface area contributed by atoms with Gasteiger partial charge in [-0.25, -0.2) is 19.7 Å². The van der Waals surface area contributed by atoms with Gasteiger partial charge in [0.1, 0.15) is 6.54 Å². The van der Waals surface area contributed by atoms with Crippen LogP contribution in [-0.4, -0.2) is 49.3 Å². The molecule has 2 amide bonds. The molecule has 0 aliphatic carbocycles. The van der Waals surface area contributed by atoms with Crippen LogP contribution in [0.2, 0.25) is 0 Å². The second kappa shape index (κ2) is 6.28. The van der Waals surface area contributed by atoms with Gasteiger partial charge in [0.05, 0.1) is 17.0 Å². The summed E-state index contributed by atoms with van der Waals surface area (Å²) in [6, 6.07) is 2.70. The standard InChI is InChI=1S/C14H10F3IN4O3/c15-14(16,17)6-22-9-2-4-21(13(24)25)11(23)7(9)5-10(22)8-1-3-19-12(18)20-8/h1,3,5H,2,4,6H2,(H,24,25). The van der Waals surface area contributed by atoms with Crippen molar-refractivity contribution in [1.29, 1.82) is 0 Å². The molecule has 0 unspecified atom stereocenters. The van der Waals surface area contributed by atoms with Gasteiger partial charge in [-0.2, -0.15) is 13.2 Å². The Morgan fingerprint density at radius 3 is 2.72 bits per heavy atom. The predicted molar refractivity (Wildman–Crippen MR) is 87.0 cm³/mol. The summed E-state index contributed by atoms with van der Waals surface area (Å²) in [4.78, 5) is 32.0. The number of halogens is 4. The summed E-state index contributed by atoms with van der Waals surface area (Å²) in [5, 5.41) is 9.05. The van der Waals surface area contributed by atoms with Crippen molar-refractivity contribution in [3.8, 4) is 11.4 Å². The maximum absolute atomic E-state index is 13.0. The minimum Gasteiger partial charge on any atom is -0.465 e. The first-order valence-electron chi connectivity index (χ1n) is 7.00. The lowest BCUT2D eigenvalue weighted by Gasteiger charge is -2.24. The van der Waals surface area contributed by atoms with E-state index in [9.17, 15) is 22.8 Å². The van der Waals surface area contributed by atoms with E-state index in [0.717, 1.165) is 4.57 Å². The van der Waals surface area contributed by atoms with Gasteiger partial charge >= 0.3 is 12.3 Å². The molecule has 0 saturated carbocycles. The highest BCUT2D eigenvalue weighted by molar-refractivity contribution is 14.1. The van der Waals surface area contributed by atoms with E-state index in [0.29, 0.717) is 8.73 Å². The second-order valence-corrected chi connectivity index (χ2v) is 6.26. The third kappa shape index (κ3) is 3.45. The molecule has 1 N–H and O–H groups in total. The number of fused-ring (bicyclic) bond motifs is 1. The summed E-state index contributed by atoms with van der Waals surface area (Å²) in [5.74, 6) is -0.834. The number of rotatable bonds is 2. The third-order valence-electron chi connectivity index (χ3n) is 3.71. The number of aromatic nitrogens is 3. The number of amides is 2. The Labute approximate surface area is 152 Å². The molecular weight excluding hydrogens is 456 g/mol. The summed E-state index contributed by atoms with van der Waals surface area (Å²) in [6.07, 6.45) is -4.53. The van der Waals surface area contributed by atoms with Gasteiger partial charge in [-0.3, -0.25) is 4.79 Å². The molecule has 2 aromatic rings. The number of imide groups is 1. The van der Waals surface area contributed by atoms with Gasteiger partial charge in [0.25, 0.3) is 5.91 Å². The molecule has 3 heterocycles. The van der Waals surface area contributed by atoms with E-state index in [1.807, 2.05) is 22.6 Å². The molecule has 25 heavy (non-hydrogen) atoms. The molecule has 0 bridgehead atoms. The summed E-state index contributed by atoms with van der Waals surface area (Å²) in [5.41, 5.74) is 0.431. The topological polar surface area (TPSA) is 88.3 Å². The average Bonchev–Trinajstić information content (AvgIpc) is 2.85. The molecule has 0 spiro atoms. The fraction of sp³-hybridized carbons (Fsp3) is 0.286. The van der Waals surface area contributed by atoms with Crippen LogP contribution in [0.5, 0.6) is 0 Å². The molecule has 11 heteroatoms. The Morgan fingerprint density at radius 1 is 1.40 bits per heavy atom. The number of hydrogen-bond donors (Lipinski definition) is 1. The molecule has 2 aromatic heterocycles. The summed E-state index contributed by atoms with van der Waals surface area (Å²) >= 11 is 1.83. The van der Waals surface area contributed by atoms with Gasteiger partial charge in [-0.1, -0.05) is 0 Å². The molecule has 0 aromatic carbocycles. The van der Waals surface area contributed by atoms with Crippen molar-refractivity contribution in [3.05, 3.63) is 33.4 Å². The van der Waals surface area contributed by atoms with Gasteiger partial charge < -0.3 is 9.67 Å². The largest absolute Gasteiger partial charge is 0.465 e. The number of alkyl halides is 3. The van der Waals surface area contributed by atoms with E-state index in [-0.39, 0.29) is 35.6 Å². The van der Waals surface area contributed by atoms with Crippen molar-refractivity contribution < 1.29 is 27.9 Å². The SMILES string of the molecule is O=C(O)N1CCc2c(cc(-c3ccnc(I)n3)n2CC(F)(F)F)C1=O. The molecule has 1 aliphatic rings. The number of carboxylic acid groups (broad SMARTS) is 1. The van der Waals surface area contributed by atoms with Gasteiger partial charge in [0.2, 0.25) is 0 Å². The van der Waals surface area contributed by atoms with E-state index < -0.39 is 24.7 Å². The Bertz CT molecular complexity index is 865. The van der Waals surface area contributed by atoms with Crippen LogP contribution in [0, 0.1) is 3.83 Å². The highest BCUT2D eigenvalue weighted by Crippen LogP contribution is 2.32. The van der Waals surface area contributed by atoms with Crippen LogP contribution in [0.3, 0.4) is 0 Å². The zero-order valence-electron chi connectivity index (χ0n) is 12.4. The average molecular weight is 466 g/mol. The predicted octanol–water partition coefficient (Wildman–Crippen LogP) is 2.79. The first-order chi connectivity index (χ1) is 11.7. The number of carbonyl (C=O) groups is 2. The minimum atomic E-state index is -4.51. The first kappa shape index (κ1) is 17.6. The summed E-state index contributed by atoms with van der Waals surface area (Å²) in [6.45, 7) is -1.48. The van der Waals surface area contributed by atoms with Gasteiger partial charge in [0, 0.05) is 47.4 Å². The monoisotopic (exact) mass is 466 g/mol. The molecule has 132 valence electrons. The lowest BCUT2D eigenvalue weighted by atomic mass is 10.1. The molecule has 0 atom stereocenters. The second-order valence-electron chi connectivity index (χ2n) is 5.29. The van der Waals surface area contributed by atoms with E-state index in [4.69, 9.17) is 5.11 Å². The minimum absolute atomic E-state index is 0.00558. The Balaban J connectivity index is 2.17. The van der Waals surface area contributed by atoms with E-state index in [1.54, 1.807) is 0 Å². The Kier molecular flexibility index (Phi) is 4.43. The van der Waals surface area contributed by atoms with Crippen LogP contribution in [-0.2, 0) is 13.0 Å². The maximum atomic E-state index is 13.0. The zero-order valence-corrected chi connectivity index (χ0v) is 14.6. The highest BCUT2D eigenvalue weighted by Gasteiger charge is 2.36. The van der Waals surface area contributed by atoms with Crippen molar-refractivity contribution >= 4 is 34.6 Å². The molecule has 3 rings (SSSR count). The van der Waals surface area contributed by atoms with E-state index in [1.165, 1.54) is 18.3 Å². The van der Waals surface area contributed by atoms with Crippen molar-refractivity contribution in [2.24, 2.45) is 0 Å². The van der Waals surface area contributed by atoms with Crippen molar-refractivity contribution in [2.45, 2.75) is 19.1 Å². The smallest absolute Gasteiger partial charge is 0.414 e. The molecule has 0 radical (unpaired) electrons. The van der Waals surface area contributed by atoms with Gasteiger partial charge in [-0.15, -0.1) is 0 Å². The van der Waals surface area contributed by atoms with Crippen molar-refractivity contribution in [1.82, 2.24) is 19.4 Å². The van der Waals surface area contributed by atoms with E-state index in [2.05, 4.69) is 9.97 Å². The highest BCUT2D eigenvalue weighted by atomic mass is 127. The van der Waals surface area contributed by atoms with Crippen molar-refractivity contribution in [3.63, 3.8) is 0 Å².